The van der Waals surface area contributed by atoms with E-state index < -0.39 is 0 Å². The van der Waals surface area contributed by atoms with Gasteiger partial charge in [0.1, 0.15) is 0 Å². The van der Waals surface area contributed by atoms with Gasteiger partial charge < -0.3 is 8.97 Å². The minimum absolute atomic E-state index is 0. The normalized spacial score (nSPS) is 11.8. The van der Waals surface area contributed by atoms with Crippen LogP contribution in [0.15, 0.2) is 0 Å². The fourth-order valence-corrected chi connectivity index (χ4v) is 5.72. The zero-order valence-electron chi connectivity index (χ0n) is 19.8. The van der Waals surface area contributed by atoms with E-state index in [1.165, 1.54) is 111 Å². The highest BCUT2D eigenvalue weighted by molar-refractivity contribution is 14.0. The highest BCUT2D eigenvalue weighted by atomic mass is 127. The lowest BCUT2D eigenvalue weighted by Crippen LogP contribution is -2.42. The van der Waals surface area contributed by atoms with Crippen molar-refractivity contribution in [3.05, 3.63) is 0 Å². The Labute approximate surface area is 220 Å². The van der Waals surface area contributed by atoms with Crippen molar-refractivity contribution in [3.8, 4) is 0 Å². The lowest BCUT2D eigenvalue weighted by Gasteiger charge is -2.30. The Morgan fingerprint density at radius 1 is 0.464 bits per heavy atom. The van der Waals surface area contributed by atoms with Crippen molar-refractivity contribution in [1.29, 1.82) is 0 Å². The van der Waals surface area contributed by atoms with E-state index in [-0.39, 0.29) is 48.0 Å². The number of unbranched alkanes of at least 4 members (excludes halogenated alkanes) is 8. The Morgan fingerprint density at radius 3 is 1.11 bits per heavy atom. The molecule has 0 saturated heterocycles. The molecule has 0 atom stereocenters. The third-order valence-corrected chi connectivity index (χ3v) is 7.74. The van der Waals surface area contributed by atoms with E-state index in [0.717, 1.165) is 0 Å². The molecule has 0 aromatic carbocycles. The molecular weight excluding hydrogens is 610 g/mol. The van der Waals surface area contributed by atoms with Crippen LogP contribution in [-0.2, 0) is 0 Å². The highest BCUT2D eigenvalue weighted by Gasteiger charge is 2.16. The van der Waals surface area contributed by atoms with Gasteiger partial charge in [-0.25, -0.2) is 0 Å². The summed E-state index contributed by atoms with van der Waals surface area (Å²) in [7, 11) is 13.8. The van der Waals surface area contributed by atoms with E-state index in [4.69, 9.17) is 0 Å². The quantitative estimate of drug-likeness (QED) is 0.0602. The Hall–Kier alpha value is 2.08. The summed E-state index contributed by atoms with van der Waals surface area (Å²) in [4.78, 5) is 0. The zero-order chi connectivity index (χ0) is 19.7. The first kappa shape index (κ1) is 34.7. The van der Waals surface area contributed by atoms with Crippen LogP contribution in [0.3, 0.4) is 0 Å². The molecular formula is C22H52I2N2S2+2. The van der Waals surface area contributed by atoms with Gasteiger partial charge in [0, 0.05) is 0 Å². The van der Waals surface area contributed by atoms with Crippen LogP contribution < -0.4 is 0 Å². The molecule has 0 N–H and O–H groups in total. The number of hydrogen-bond acceptors (Lipinski definition) is 2. The van der Waals surface area contributed by atoms with Crippen molar-refractivity contribution in [2.45, 2.75) is 78.1 Å². The van der Waals surface area contributed by atoms with Crippen LogP contribution >= 0.6 is 69.5 Å². The first-order valence-corrected chi connectivity index (χ1v) is 13.7. The van der Waals surface area contributed by atoms with Crippen molar-refractivity contribution < 1.29 is 8.97 Å². The van der Waals surface area contributed by atoms with Crippen LogP contribution in [-0.4, -0.2) is 74.8 Å². The Morgan fingerprint density at radius 2 is 0.786 bits per heavy atom. The lowest BCUT2D eigenvalue weighted by atomic mass is 10.1. The van der Waals surface area contributed by atoms with Gasteiger partial charge in [0.2, 0.25) is 0 Å². The first-order chi connectivity index (χ1) is 12.3. The maximum Gasteiger partial charge on any atom is 0.0882 e. The summed E-state index contributed by atoms with van der Waals surface area (Å²) >= 11 is 0. The molecule has 2 nitrogen and oxygen atoms in total. The van der Waals surface area contributed by atoms with Crippen LogP contribution in [0, 0.1) is 0 Å². The minimum Gasteiger partial charge on any atom is -0.328 e. The Bertz CT molecular complexity index is 287. The molecule has 0 aliphatic carbocycles. The van der Waals surface area contributed by atoms with Gasteiger partial charge in [-0.3, -0.25) is 0 Å². The molecule has 0 spiro atoms. The molecule has 0 aromatic heterocycles. The molecule has 0 fully saturated rings. The maximum absolute atomic E-state index is 2.41. The minimum atomic E-state index is 0. The van der Waals surface area contributed by atoms with Gasteiger partial charge in [0.15, 0.2) is 0 Å². The third-order valence-electron chi connectivity index (χ3n) is 5.38. The van der Waals surface area contributed by atoms with Crippen molar-refractivity contribution in [2.24, 2.45) is 0 Å². The largest absolute Gasteiger partial charge is 0.328 e. The van der Waals surface area contributed by atoms with Crippen molar-refractivity contribution in [2.75, 3.05) is 65.9 Å². The van der Waals surface area contributed by atoms with Gasteiger partial charge in [0.05, 0.1) is 65.9 Å². The molecule has 28 heavy (non-hydrogen) atoms. The molecule has 0 unspecified atom stereocenters. The first-order valence-electron chi connectivity index (χ1n) is 11.2. The predicted octanol–water partition coefficient (Wildman–Crippen LogP) is 7.70. The van der Waals surface area contributed by atoms with Crippen molar-refractivity contribution in [3.63, 3.8) is 0 Å². The SMILES string of the molecule is CCCCCCC[N+](C)(C)CCSSCC[N+](C)(C)CCCCCCC.I.I. The Kier molecular flexibility index (Phi) is 27.6. The number of quaternary nitrogens is 2. The van der Waals surface area contributed by atoms with E-state index in [9.17, 15) is 0 Å². The van der Waals surface area contributed by atoms with Gasteiger partial charge in [0.25, 0.3) is 0 Å². The van der Waals surface area contributed by atoms with Gasteiger partial charge in [-0.1, -0.05) is 74.0 Å². The van der Waals surface area contributed by atoms with Crippen molar-refractivity contribution >= 4 is 69.5 Å². The second-order valence-corrected chi connectivity index (χ2v) is 11.9. The van der Waals surface area contributed by atoms with Crippen molar-refractivity contribution in [1.82, 2.24) is 0 Å². The Balaban J connectivity index is -0.00000312. The average molecular weight is 663 g/mol. The second-order valence-electron chi connectivity index (χ2n) is 9.24. The summed E-state index contributed by atoms with van der Waals surface area (Å²) < 4.78 is 2.39. The molecule has 174 valence electrons. The fourth-order valence-electron chi connectivity index (χ4n) is 3.20. The van der Waals surface area contributed by atoms with Gasteiger partial charge in [-0.2, -0.15) is 0 Å². The third kappa shape index (κ3) is 24.4. The van der Waals surface area contributed by atoms with E-state index >= 15 is 0 Å². The van der Waals surface area contributed by atoms with Gasteiger partial charge in [-0.15, -0.1) is 48.0 Å². The summed E-state index contributed by atoms with van der Waals surface area (Å²) in [6, 6.07) is 0. The van der Waals surface area contributed by atoms with Gasteiger partial charge in [-0.05, 0) is 25.7 Å². The monoisotopic (exact) mass is 662 g/mol. The smallest absolute Gasteiger partial charge is 0.0882 e. The zero-order valence-corrected chi connectivity index (χ0v) is 26.1. The highest BCUT2D eigenvalue weighted by Crippen LogP contribution is 2.22. The summed E-state index contributed by atoms with van der Waals surface area (Å²) in [6.45, 7) is 9.89. The average Bonchev–Trinajstić information content (AvgIpc) is 2.57. The van der Waals surface area contributed by atoms with E-state index in [0.29, 0.717) is 0 Å². The van der Waals surface area contributed by atoms with Crippen LogP contribution in [0.4, 0.5) is 0 Å². The van der Waals surface area contributed by atoms with E-state index in [1.807, 2.05) is 0 Å². The van der Waals surface area contributed by atoms with Crippen LogP contribution in [0.25, 0.3) is 0 Å². The van der Waals surface area contributed by atoms with Crippen LogP contribution in [0.5, 0.6) is 0 Å². The molecule has 0 aromatic rings. The van der Waals surface area contributed by atoms with Gasteiger partial charge >= 0.3 is 0 Å². The van der Waals surface area contributed by atoms with E-state index in [1.54, 1.807) is 0 Å². The lowest BCUT2D eigenvalue weighted by molar-refractivity contribution is -0.888. The molecule has 0 amide bonds. The topological polar surface area (TPSA) is 0 Å². The molecule has 0 heterocycles. The standard InChI is InChI=1S/C22H50N2S2.2HI/c1-7-9-11-13-15-17-23(3,4)19-21-25-26-22-20-24(5,6)18-16-14-12-10-8-2;;/h7-22H2,1-6H3;2*1H/q+2;;. The molecule has 0 aliphatic heterocycles. The summed E-state index contributed by atoms with van der Waals surface area (Å²) in [5.41, 5.74) is 0. The second kappa shape index (κ2) is 22.3. The number of halogens is 2. The predicted molar refractivity (Wildman–Crippen MR) is 157 cm³/mol. The number of nitrogens with zero attached hydrogens (tertiary/aromatic N) is 2. The number of rotatable bonds is 19. The van der Waals surface area contributed by atoms with E-state index in [2.05, 4.69) is 63.6 Å². The summed E-state index contributed by atoms with van der Waals surface area (Å²) in [6.07, 6.45) is 14.0. The molecule has 0 radical (unpaired) electrons. The molecule has 0 aliphatic rings. The van der Waals surface area contributed by atoms with Crippen LogP contribution in [0.1, 0.15) is 78.1 Å². The molecule has 6 heteroatoms. The molecule has 0 bridgehead atoms. The fraction of sp³-hybridized carbons (Fsp3) is 1.00. The summed E-state index contributed by atoms with van der Waals surface area (Å²) in [5.74, 6) is 2.58. The summed E-state index contributed by atoms with van der Waals surface area (Å²) in [5, 5.41) is 0. The molecule has 0 rings (SSSR count). The molecule has 0 saturated carbocycles. The van der Waals surface area contributed by atoms with Crippen LogP contribution in [0.2, 0.25) is 0 Å². The number of hydrogen-bond donors (Lipinski definition) is 0. The maximum atomic E-state index is 2.41.